The first kappa shape index (κ1) is 14.1. The fourth-order valence-corrected chi connectivity index (χ4v) is 2.01. The number of esters is 1. The quantitative estimate of drug-likeness (QED) is 0.598. The van der Waals surface area contributed by atoms with Crippen molar-refractivity contribution in [3.05, 3.63) is 29.8 Å². The second-order valence-electron chi connectivity index (χ2n) is 3.52. The first-order chi connectivity index (χ1) is 8.26. The number of carbonyl (C=O) groups excluding carboxylic acids is 1. The van der Waals surface area contributed by atoms with Crippen molar-refractivity contribution in [2.45, 2.75) is 25.3 Å². The Morgan fingerprint density at radius 3 is 2.59 bits per heavy atom. The number of rotatable bonds is 7. The van der Waals surface area contributed by atoms with Gasteiger partial charge in [0.1, 0.15) is 0 Å². The molecule has 4 heteroatoms. The second kappa shape index (κ2) is 8.14. The third-order valence-electron chi connectivity index (χ3n) is 2.16. The van der Waals surface area contributed by atoms with Gasteiger partial charge in [0.15, 0.2) is 0 Å². The number of hydrogen-bond acceptors (Lipinski definition) is 4. The van der Waals surface area contributed by atoms with Gasteiger partial charge in [-0.15, -0.1) is 11.8 Å². The molecular formula is C13H19NO2S. The second-order valence-corrected chi connectivity index (χ2v) is 4.57. The molecule has 0 fully saturated rings. The van der Waals surface area contributed by atoms with Crippen LogP contribution in [0.5, 0.6) is 0 Å². The summed E-state index contributed by atoms with van der Waals surface area (Å²) in [5.41, 5.74) is 1.26. The highest BCUT2D eigenvalue weighted by Crippen LogP contribution is 2.18. The van der Waals surface area contributed by atoms with Crippen molar-refractivity contribution in [2.75, 3.05) is 18.9 Å². The summed E-state index contributed by atoms with van der Waals surface area (Å²) in [5, 5.41) is 3.27. The number of hydrogen-bond donors (Lipinski definition) is 1. The van der Waals surface area contributed by atoms with E-state index in [9.17, 15) is 4.79 Å². The molecule has 17 heavy (non-hydrogen) atoms. The van der Waals surface area contributed by atoms with Crippen LogP contribution in [-0.2, 0) is 16.1 Å². The SMILES string of the molecule is CCNCc1ccc(SCC(=O)OCC)cc1. The topological polar surface area (TPSA) is 38.3 Å². The third kappa shape index (κ3) is 5.75. The standard InChI is InChI=1S/C13H19NO2S/c1-3-14-9-11-5-7-12(8-6-11)17-10-13(15)16-4-2/h5-8,14H,3-4,9-10H2,1-2H3. The summed E-state index contributed by atoms with van der Waals surface area (Å²) in [6.07, 6.45) is 0. The highest BCUT2D eigenvalue weighted by molar-refractivity contribution is 8.00. The molecule has 0 spiro atoms. The smallest absolute Gasteiger partial charge is 0.316 e. The molecule has 1 N–H and O–H groups in total. The van der Waals surface area contributed by atoms with E-state index in [1.165, 1.54) is 17.3 Å². The monoisotopic (exact) mass is 253 g/mol. The van der Waals surface area contributed by atoms with Crippen LogP contribution in [0.15, 0.2) is 29.2 Å². The van der Waals surface area contributed by atoms with Crippen molar-refractivity contribution < 1.29 is 9.53 Å². The molecule has 0 heterocycles. The van der Waals surface area contributed by atoms with Crippen LogP contribution in [0, 0.1) is 0 Å². The van der Waals surface area contributed by atoms with Crippen LogP contribution in [-0.4, -0.2) is 24.9 Å². The minimum atomic E-state index is -0.158. The molecule has 0 unspecified atom stereocenters. The van der Waals surface area contributed by atoms with Gasteiger partial charge in [-0.1, -0.05) is 19.1 Å². The molecule has 0 aliphatic rings. The molecule has 0 aliphatic carbocycles. The Hall–Kier alpha value is -1.00. The van der Waals surface area contributed by atoms with Crippen LogP contribution in [0.3, 0.4) is 0 Å². The Morgan fingerprint density at radius 2 is 2.00 bits per heavy atom. The zero-order valence-electron chi connectivity index (χ0n) is 10.4. The summed E-state index contributed by atoms with van der Waals surface area (Å²) < 4.78 is 4.87. The van der Waals surface area contributed by atoms with Gasteiger partial charge in [-0.2, -0.15) is 0 Å². The fourth-order valence-electron chi connectivity index (χ4n) is 1.32. The number of carbonyl (C=O) groups is 1. The van der Waals surface area contributed by atoms with Gasteiger partial charge < -0.3 is 10.1 Å². The Bertz CT molecular complexity index is 338. The Balaban J connectivity index is 2.37. The first-order valence-electron chi connectivity index (χ1n) is 5.84. The maximum Gasteiger partial charge on any atom is 0.316 e. The average Bonchev–Trinajstić information content (AvgIpc) is 2.35. The predicted octanol–water partition coefficient (Wildman–Crippen LogP) is 2.45. The molecule has 3 nitrogen and oxygen atoms in total. The van der Waals surface area contributed by atoms with E-state index < -0.39 is 0 Å². The molecule has 0 aromatic heterocycles. The molecule has 0 amide bonds. The largest absolute Gasteiger partial charge is 0.465 e. The van der Waals surface area contributed by atoms with Crippen LogP contribution < -0.4 is 5.32 Å². The zero-order chi connectivity index (χ0) is 12.5. The van der Waals surface area contributed by atoms with E-state index in [0.29, 0.717) is 12.4 Å². The van der Waals surface area contributed by atoms with Crippen LogP contribution in [0.1, 0.15) is 19.4 Å². The van der Waals surface area contributed by atoms with Gasteiger partial charge in [-0.25, -0.2) is 0 Å². The third-order valence-corrected chi connectivity index (χ3v) is 3.15. The maximum atomic E-state index is 11.2. The summed E-state index contributed by atoms with van der Waals surface area (Å²) in [7, 11) is 0. The highest BCUT2D eigenvalue weighted by Gasteiger charge is 2.02. The van der Waals surface area contributed by atoms with E-state index >= 15 is 0 Å². The van der Waals surface area contributed by atoms with Crippen molar-refractivity contribution in [2.24, 2.45) is 0 Å². The summed E-state index contributed by atoms with van der Waals surface area (Å²) in [6.45, 7) is 6.21. The van der Waals surface area contributed by atoms with Gasteiger partial charge in [0.2, 0.25) is 0 Å². The minimum absolute atomic E-state index is 0.158. The molecule has 0 saturated heterocycles. The van der Waals surface area contributed by atoms with Crippen molar-refractivity contribution in [1.29, 1.82) is 0 Å². The lowest BCUT2D eigenvalue weighted by Crippen LogP contribution is -2.11. The molecule has 0 atom stereocenters. The van der Waals surface area contributed by atoms with E-state index in [1.54, 1.807) is 0 Å². The summed E-state index contributed by atoms with van der Waals surface area (Å²) in [5.74, 6) is 0.217. The van der Waals surface area contributed by atoms with Crippen molar-refractivity contribution in [3.8, 4) is 0 Å². The van der Waals surface area contributed by atoms with E-state index in [4.69, 9.17) is 4.74 Å². The van der Waals surface area contributed by atoms with Gasteiger partial charge in [0, 0.05) is 11.4 Å². The van der Waals surface area contributed by atoms with E-state index in [-0.39, 0.29) is 5.97 Å². The lowest BCUT2D eigenvalue weighted by Gasteiger charge is -2.04. The number of thioether (sulfide) groups is 1. The van der Waals surface area contributed by atoms with Crippen LogP contribution in [0.4, 0.5) is 0 Å². The summed E-state index contributed by atoms with van der Waals surface area (Å²) in [4.78, 5) is 12.3. The van der Waals surface area contributed by atoms with Crippen LogP contribution in [0.2, 0.25) is 0 Å². The molecule has 1 aromatic rings. The van der Waals surface area contributed by atoms with Crippen LogP contribution >= 0.6 is 11.8 Å². The molecule has 0 saturated carbocycles. The maximum absolute atomic E-state index is 11.2. The lowest BCUT2D eigenvalue weighted by atomic mass is 10.2. The van der Waals surface area contributed by atoms with E-state index in [2.05, 4.69) is 24.4 Å². The number of nitrogens with one attached hydrogen (secondary N) is 1. The van der Waals surface area contributed by atoms with Gasteiger partial charge in [0.05, 0.1) is 12.4 Å². The lowest BCUT2D eigenvalue weighted by molar-refractivity contribution is -0.139. The molecule has 94 valence electrons. The summed E-state index contributed by atoms with van der Waals surface area (Å²) >= 11 is 1.51. The summed E-state index contributed by atoms with van der Waals surface area (Å²) in [6, 6.07) is 8.24. The first-order valence-corrected chi connectivity index (χ1v) is 6.83. The van der Waals surface area contributed by atoms with E-state index in [0.717, 1.165) is 18.0 Å². The minimum Gasteiger partial charge on any atom is -0.465 e. The van der Waals surface area contributed by atoms with Gasteiger partial charge >= 0.3 is 5.97 Å². The van der Waals surface area contributed by atoms with Gasteiger partial charge in [-0.3, -0.25) is 4.79 Å². The molecule has 1 rings (SSSR count). The Labute approximate surface area is 107 Å². The van der Waals surface area contributed by atoms with Crippen molar-refractivity contribution >= 4 is 17.7 Å². The van der Waals surface area contributed by atoms with E-state index in [1.807, 2.05) is 19.1 Å². The van der Waals surface area contributed by atoms with Crippen molar-refractivity contribution in [3.63, 3.8) is 0 Å². The average molecular weight is 253 g/mol. The molecule has 0 bridgehead atoms. The molecule has 0 radical (unpaired) electrons. The van der Waals surface area contributed by atoms with Gasteiger partial charge in [0.25, 0.3) is 0 Å². The highest BCUT2D eigenvalue weighted by atomic mass is 32.2. The van der Waals surface area contributed by atoms with Crippen LogP contribution in [0.25, 0.3) is 0 Å². The fraction of sp³-hybridized carbons (Fsp3) is 0.462. The number of ether oxygens (including phenoxy) is 1. The Kier molecular flexibility index (Phi) is 6.74. The predicted molar refractivity (Wildman–Crippen MR) is 71.2 cm³/mol. The normalized spacial score (nSPS) is 10.2. The molecule has 1 aromatic carbocycles. The Morgan fingerprint density at radius 1 is 1.29 bits per heavy atom. The van der Waals surface area contributed by atoms with Gasteiger partial charge in [-0.05, 0) is 31.2 Å². The number of benzene rings is 1. The molecule has 0 aliphatic heterocycles. The van der Waals surface area contributed by atoms with Crippen molar-refractivity contribution in [1.82, 2.24) is 5.32 Å². The zero-order valence-corrected chi connectivity index (χ0v) is 11.2. The molecular weight excluding hydrogens is 234 g/mol.